The van der Waals surface area contributed by atoms with Gasteiger partial charge < -0.3 is 9.80 Å². The Labute approximate surface area is 161 Å². The second-order valence-corrected chi connectivity index (χ2v) is 7.42. The number of amides is 1. The van der Waals surface area contributed by atoms with E-state index in [0.29, 0.717) is 25.0 Å². The van der Waals surface area contributed by atoms with Gasteiger partial charge in [-0.25, -0.2) is 18.7 Å². The Morgan fingerprint density at radius 3 is 2.67 bits per heavy atom. The van der Waals surface area contributed by atoms with E-state index in [-0.39, 0.29) is 29.0 Å². The van der Waals surface area contributed by atoms with Gasteiger partial charge in [0.2, 0.25) is 11.9 Å². The van der Waals surface area contributed by atoms with E-state index in [1.54, 1.807) is 6.07 Å². The second-order valence-electron chi connectivity index (χ2n) is 7.02. The number of fused-ring (bicyclic) bond motifs is 1. The highest BCUT2D eigenvalue weighted by Crippen LogP contribution is 2.33. The zero-order chi connectivity index (χ0) is 19.0. The van der Waals surface area contributed by atoms with E-state index < -0.39 is 11.6 Å². The minimum Gasteiger partial charge on any atom is -0.339 e. The zero-order valence-electron chi connectivity index (χ0n) is 14.6. The van der Waals surface area contributed by atoms with Gasteiger partial charge in [-0.05, 0) is 30.9 Å². The summed E-state index contributed by atoms with van der Waals surface area (Å²) in [4.78, 5) is 24.8. The molecule has 4 rings (SSSR count). The molecule has 0 N–H and O–H groups in total. The summed E-state index contributed by atoms with van der Waals surface area (Å²) in [6, 6.07) is 4.45. The summed E-state index contributed by atoms with van der Waals surface area (Å²) in [5, 5.41) is 0.268. The van der Waals surface area contributed by atoms with E-state index in [2.05, 4.69) is 9.97 Å². The molecule has 0 radical (unpaired) electrons. The second kappa shape index (κ2) is 7.38. The number of piperidine rings is 1. The number of hydrogen-bond acceptors (Lipinski definition) is 4. The number of anilines is 1. The average Bonchev–Trinajstić information content (AvgIpc) is 3.08. The first-order chi connectivity index (χ1) is 13.0. The summed E-state index contributed by atoms with van der Waals surface area (Å²) in [5.41, 5.74) is 0.238. The molecule has 2 aliphatic heterocycles. The quantitative estimate of drug-likeness (QED) is 0.805. The monoisotopic (exact) mass is 392 g/mol. The van der Waals surface area contributed by atoms with Gasteiger partial charge >= 0.3 is 0 Å². The van der Waals surface area contributed by atoms with Crippen molar-refractivity contribution in [2.75, 3.05) is 24.5 Å². The van der Waals surface area contributed by atoms with Crippen LogP contribution in [0.25, 0.3) is 0 Å². The number of carbonyl (C=O) groups is 1. The van der Waals surface area contributed by atoms with E-state index in [9.17, 15) is 13.6 Å². The fourth-order valence-corrected chi connectivity index (χ4v) is 4.28. The Kier molecular flexibility index (Phi) is 4.95. The maximum atomic E-state index is 14.0. The summed E-state index contributed by atoms with van der Waals surface area (Å²) in [6.07, 6.45) is 4.08. The third-order valence-corrected chi connectivity index (χ3v) is 5.82. The van der Waals surface area contributed by atoms with Gasteiger partial charge in [0.15, 0.2) is 5.82 Å². The number of hydrogen-bond donors (Lipinski definition) is 0. The fourth-order valence-electron chi connectivity index (χ4n) is 4.05. The van der Waals surface area contributed by atoms with Crippen LogP contribution >= 0.6 is 11.6 Å². The number of nitrogens with zero attached hydrogens (tertiary/aromatic N) is 4. The highest BCUT2D eigenvalue weighted by molar-refractivity contribution is 6.31. The molecule has 2 atom stereocenters. The highest BCUT2D eigenvalue weighted by Gasteiger charge is 2.41. The number of rotatable bonds is 3. The molecule has 27 heavy (non-hydrogen) atoms. The van der Waals surface area contributed by atoms with Gasteiger partial charge in [-0.1, -0.05) is 17.7 Å². The van der Waals surface area contributed by atoms with Gasteiger partial charge in [-0.2, -0.15) is 0 Å². The molecule has 1 amide bonds. The van der Waals surface area contributed by atoms with Crippen molar-refractivity contribution in [1.82, 2.24) is 14.9 Å². The fraction of sp³-hybridized carbons (Fsp3) is 0.421. The molecular formula is C19H19ClF2N4O. The minimum atomic E-state index is -0.479. The molecule has 5 nitrogen and oxygen atoms in total. The van der Waals surface area contributed by atoms with Gasteiger partial charge in [0, 0.05) is 30.2 Å². The van der Waals surface area contributed by atoms with Gasteiger partial charge in [-0.15, -0.1) is 0 Å². The van der Waals surface area contributed by atoms with Crippen LogP contribution in [-0.2, 0) is 11.2 Å². The average molecular weight is 393 g/mol. The van der Waals surface area contributed by atoms with Crippen molar-refractivity contribution in [2.24, 2.45) is 5.92 Å². The molecular weight excluding hydrogens is 374 g/mol. The van der Waals surface area contributed by atoms with Crippen LogP contribution in [0.5, 0.6) is 0 Å². The predicted molar refractivity (Wildman–Crippen MR) is 97.5 cm³/mol. The Morgan fingerprint density at radius 1 is 1.19 bits per heavy atom. The lowest BCUT2D eigenvalue weighted by molar-refractivity contribution is -0.131. The maximum absolute atomic E-state index is 14.0. The maximum Gasteiger partial charge on any atom is 0.227 e. The summed E-state index contributed by atoms with van der Waals surface area (Å²) < 4.78 is 27.1. The number of carbonyl (C=O) groups excluding carboxylic acids is 1. The van der Waals surface area contributed by atoms with Crippen molar-refractivity contribution in [3.8, 4) is 0 Å². The first kappa shape index (κ1) is 18.1. The van der Waals surface area contributed by atoms with E-state index in [4.69, 9.17) is 11.6 Å². The van der Waals surface area contributed by atoms with Crippen LogP contribution in [0.1, 0.15) is 18.4 Å². The first-order valence-electron chi connectivity index (χ1n) is 8.98. The molecule has 0 saturated carbocycles. The summed E-state index contributed by atoms with van der Waals surface area (Å²) in [5.74, 6) is -0.200. The molecule has 1 aromatic heterocycles. The van der Waals surface area contributed by atoms with Crippen molar-refractivity contribution in [2.45, 2.75) is 25.3 Å². The van der Waals surface area contributed by atoms with Crippen LogP contribution in [0.3, 0.4) is 0 Å². The van der Waals surface area contributed by atoms with Crippen LogP contribution in [0.4, 0.5) is 14.7 Å². The standard InChI is InChI=1S/C19H19ClF2N4O/c20-15-2-1-3-16(22)14(15)8-18(27)26-7-5-12-4-6-25(11-17(12)26)19-23-9-13(21)10-24-19/h1-3,9-10,12,17H,4-8,11H2. The van der Waals surface area contributed by atoms with Crippen LogP contribution in [0.15, 0.2) is 30.6 Å². The van der Waals surface area contributed by atoms with Crippen LogP contribution < -0.4 is 4.90 Å². The lowest BCUT2D eigenvalue weighted by Crippen LogP contribution is -2.50. The lowest BCUT2D eigenvalue weighted by atomic mass is 9.92. The van der Waals surface area contributed by atoms with Gasteiger partial charge in [0.25, 0.3) is 0 Å². The predicted octanol–water partition coefficient (Wildman–Crippen LogP) is 3.08. The largest absolute Gasteiger partial charge is 0.339 e. The van der Waals surface area contributed by atoms with Crippen LogP contribution in [0, 0.1) is 17.6 Å². The van der Waals surface area contributed by atoms with Crippen molar-refractivity contribution in [3.63, 3.8) is 0 Å². The molecule has 2 fully saturated rings. The SMILES string of the molecule is O=C(Cc1c(F)cccc1Cl)N1CCC2CCN(c3ncc(F)cn3)CC21. The van der Waals surface area contributed by atoms with Gasteiger partial charge in [0.1, 0.15) is 5.82 Å². The minimum absolute atomic E-state index is 0.0189. The Morgan fingerprint density at radius 2 is 1.93 bits per heavy atom. The molecule has 0 spiro atoms. The van der Waals surface area contributed by atoms with E-state index >= 15 is 0 Å². The third kappa shape index (κ3) is 3.60. The van der Waals surface area contributed by atoms with Crippen molar-refractivity contribution < 1.29 is 13.6 Å². The van der Waals surface area contributed by atoms with E-state index in [1.165, 1.54) is 12.1 Å². The van der Waals surface area contributed by atoms with E-state index in [1.807, 2.05) is 9.80 Å². The molecule has 3 heterocycles. The lowest BCUT2D eigenvalue weighted by Gasteiger charge is -2.38. The third-order valence-electron chi connectivity index (χ3n) is 5.46. The Hall–Kier alpha value is -2.28. The highest BCUT2D eigenvalue weighted by atomic mass is 35.5. The molecule has 2 saturated heterocycles. The summed E-state index contributed by atoms with van der Waals surface area (Å²) in [7, 11) is 0. The molecule has 142 valence electrons. The Balaban J connectivity index is 1.49. The zero-order valence-corrected chi connectivity index (χ0v) is 15.4. The molecule has 2 unspecified atom stereocenters. The topological polar surface area (TPSA) is 49.3 Å². The molecule has 0 aliphatic carbocycles. The summed E-state index contributed by atoms with van der Waals surface area (Å²) in [6.45, 7) is 2.01. The number of likely N-dealkylation sites (tertiary alicyclic amines) is 1. The normalized spacial score (nSPS) is 22.0. The van der Waals surface area contributed by atoms with Gasteiger partial charge in [-0.3, -0.25) is 4.79 Å². The molecule has 2 aromatic rings. The van der Waals surface area contributed by atoms with Crippen molar-refractivity contribution in [1.29, 1.82) is 0 Å². The summed E-state index contributed by atoms with van der Waals surface area (Å²) >= 11 is 6.07. The van der Waals surface area contributed by atoms with Crippen molar-refractivity contribution >= 4 is 23.5 Å². The smallest absolute Gasteiger partial charge is 0.227 e. The number of aromatic nitrogens is 2. The number of benzene rings is 1. The van der Waals surface area contributed by atoms with Crippen LogP contribution in [-0.4, -0.2) is 46.5 Å². The van der Waals surface area contributed by atoms with Crippen LogP contribution in [0.2, 0.25) is 5.02 Å². The Bertz CT molecular complexity index is 828. The first-order valence-corrected chi connectivity index (χ1v) is 9.35. The molecule has 8 heteroatoms. The molecule has 0 bridgehead atoms. The molecule has 2 aliphatic rings. The molecule has 1 aromatic carbocycles. The van der Waals surface area contributed by atoms with E-state index in [0.717, 1.165) is 31.8 Å². The van der Waals surface area contributed by atoms with Crippen molar-refractivity contribution in [3.05, 3.63) is 52.8 Å². The van der Waals surface area contributed by atoms with Gasteiger partial charge in [0.05, 0.1) is 24.9 Å². The number of halogens is 3.